The molecule has 2 rings (SSSR count). The Morgan fingerprint density at radius 3 is 2.62 bits per heavy atom. The van der Waals surface area contributed by atoms with Crippen LogP contribution in [0.2, 0.25) is 15.1 Å². The first-order valence-electron chi connectivity index (χ1n) is 5.89. The van der Waals surface area contributed by atoms with Gasteiger partial charge < -0.3 is 11.1 Å². The monoisotopic (exact) mass is 360 g/mol. The molecule has 3 N–H and O–H groups in total. The zero-order chi connectivity index (χ0) is 15.4. The van der Waals surface area contributed by atoms with Crippen molar-refractivity contribution in [2.45, 2.75) is 4.90 Å². The third kappa shape index (κ3) is 4.45. The summed E-state index contributed by atoms with van der Waals surface area (Å²) < 4.78 is 0. The molecule has 0 aromatic heterocycles. The molecule has 0 radical (unpaired) electrons. The van der Waals surface area contributed by atoms with Crippen LogP contribution in [-0.2, 0) is 4.79 Å². The minimum atomic E-state index is -0.197. The van der Waals surface area contributed by atoms with Crippen molar-refractivity contribution in [2.75, 3.05) is 16.8 Å². The molecule has 0 heterocycles. The minimum absolute atomic E-state index is 0.197. The summed E-state index contributed by atoms with van der Waals surface area (Å²) in [5.41, 5.74) is 6.68. The summed E-state index contributed by atoms with van der Waals surface area (Å²) in [6, 6.07) is 10.2. The van der Waals surface area contributed by atoms with E-state index in [1.165, 1.54) is 11.8 Å². The molecule has 110 valence electrons. The molecular weight excluding hydrogens is 351 g/mol. The van der Waals surface area contributed by atoms with E-state index in [4.69, 9.17) is 40.5 Å². The summed E-state index contributed by atoms with van der Waals surface area (Å²) in [5.74, 6) is 0.00371. The Balaban J connectivity index is 1.97. The summed E-state index contributed by atoms with van der Waals surface area (Å²) in [6.45, 7) is 0. The lowest BCUT2D eigenvalue weighted by Gasteiger charge is -2.08. The van der Waals surface area contributed by atoms with Gasteiger partial charge in [0.1, 0.15) is 0 Å². The molecule has 0 spiro atoms. The van der Waals surface area contributed by atoms with E-state index in [1.807, 2.05) is 0 Å². The van der Waals surface area contributed by atoms with Crippen LogP contribution in [0.4, 0.5) is 11.4 Å². The molecule has 2 aromatic carbocycles. The fourth-order valence-corrected chi connectivity index (χ4v) is 2.98. The number of nitrogens with one attached hydrogen (secondary N) is 1. The fourth-order valence-electron chi connectivity index (χ4n) is 1.56. The van der Waals surface area contributed by atoms with Gasteiger partial charge in [-0.05, 0) is 30.3 Å². The van der Waals surface area contributed by atoms with E-state index < -0.39 is 0 Å². The molecule has 1 amide bonds. The number of anilines is 2. The lowest BCUT2D eigenvalue weighted by atomic mass is 10.3. The topological polar surface area (TPSA) is 55.1 Å². The molecule has 0 atom stereocenters. The molecule has 0 aliphatic carbocycles. The van der Waals surface area contributed by atoms with Crippen LogP contribution in [0.3, 0.4) is 0 Å². The van der Waals surface area contributed by atoms with Crippen molar-refractivity contribution in [2.24, 2.45) is 0 Å². The van der Waals surface area contributed by atoms with E-state index in [-0.39, 0.29) is 11.7 Å². The Labute approximate surface area is 141 Å². The van der Waals surface area contributed by atoms with Crippen LogP contribution in [0, 0.1) is 0 Å². The Morgan fingerprint density at radius 1 is 1.14 bits per heavy atom. The van der Waals surface area contributed by atoms with Crippen LogP contribution < -0.4 is 11.1 Å². The summed E-state index contributed by atoms with van der Waals surface area (Å²) in [4.78, 5) is 12.7. The molecule has 0 aliphatic rings. The van der Waals surface area contributed by atoms with E-state index in [0.29, 0.717) is 26.4 Å². The molecule has 0 saturated heterocycles. The molecule has 0 fully saturated rings. The maximum Gasteiger partial charge on any atom is 0.234 e. The SMILES string of the molecule is Nc1ccc(SCC(=O)Nc2cccc(Cl)c2Cl)c(Cl)c1. The van der Waals surface area contributed by atoms with E-state index in [2.05, 4.69) is 5.32 Å². The number of hydrogen-bond acceptors (Lipinski definition) is 3. The normalized spacial score (nSPS) is 10.4. The largest absolute Gasteiger partial charge is 0.399 e. The number of hydrogen-bond donors (Lipinski definition) is 2. The highest BCUT2D eigenvalue weighted by Gasteiger charge is 2.10. The number of carbonyl (C=O) groups is 1. The fraction of sp³-hybridized carbons (Fsp3) is 0.0714. The second kappa shape index (κ2) is 7.27. The maximum atomic E-state index is 11.9. The minimum Gasteiger partial charge on any atom is -0.399 e. The third-order valence-electron chi connectivity index (χ3n) is 2.54. The number of nitrogen functional groups attached to an aromatic ring is 1. The highest BCUT2D eigenvalue weighted by Crippen LogP contribution is 2.31. The van der Waals surface area contributed by atoms with Crippen molar-refractivity contribution in [3.63, 3.8) is 0 Å². The van der Waals surface area contributed by atoms with Gasteiger partial charge in [0.25, 0.3) is 0 Å². The van der Waals surface area contributed by atoms with Gasteiger partial charge in [0.2, 0.25) is 5.91 Å². The van der Waals surface area contributed by atoms with Crippen LogP contribution in [0.1, 0.15) is 0 Å². The molecule has 2 aromatic rings. The second-order valence-electron chi connectivity index (χ2n) is 4.13. The Kier molecular flexibility index (Phi) is 5.65. The summed E-state index contributed by atoms with van der Waals surface area (Å²) in [6.07, 6.45) is 0. The van der Waals surface area contributed by atoms with E-state index in [0.717, 1.165) is 4.90 Å². The Morgan fingerprint density at radius 2 is 1.90 bits per heavy atom. The van der Waals surface area contributed by atoms with Crippen LogP contribution in [0.5, 0.6) is 0 Å². The zero-order valence-electron chi connectivity index (χ0n) is 10.7. The molecule has 0 bridgehead atoms. The highest BCUT2D eigenvalue weighted by atomic mass is 35.5. The molecule has 0 aliphatic heterocycles. The van der Waals surface area contributed by atoms with Crippen LogP contribution in [0.25, 0.3) is 0 Å². The second-order valence-corrected chi connectivity index (χ2v) is 6.34. The first kappa shape index (κ1) is 16.3. The van der Waals surface area contributed by atoms with Crippen LogP contribution in [-0.4, -0.2) is 11.7 Å². The van der Waals surface area contributed by atoms with Crippen LogP contribution >= 0.6 is 46.6 Å². The van der Waals surface area contributed by atoms with Gasteiger partial charge in [0.05, 0.1) is 26.5 Å². The van der Waals surface area contributed by atoms with Gasteiger partial charge in [0, 0.05) is 10.6 Å². The van der Waals surface area contributed by atoms with Crippen molar-refractivity contribution in [1.29, 1.82) is 0 Å². The number of benzene rings is 2. The van der Waals surface area contributed by atoms with Crippen LogP contribution in [0.15, 0.2) is 41.3 Å². The van der Waals surface area contributed by atoms with E-state index in [9.17, 15) is 4.79 Å². The smallest absolute Gasteiger partial charge is 0.234 e. The number of carbonyl (C=O) groups excluding carboxylic acids is 1. The van der Waals surface area contributed by atoms with Gasteiger partial charge in [-0.1, -0.05) is 40.9 Å². The molecule has 7 heteroatoms. The molecule has 0 unspecified atom stereocenters. The van der Waals surface area contributed by atoms with Gasteiger partial charge in [0.15, 0.2) is 0 Å². The number of thioether (sulfide) groups is 1. The Hall–Kier alpha value is -1.07. The highest BCUT2D eigenvalue weighted by molar-refractivity contribution is 8.00. The molecule has 21 heavy (non-hydrogen) atoms. The first-order chi connectivity index (χ1) is 9.97. The van der Waals surface area contributed by atoms with Gasteiger partial charge in [-0.3, -0.25) is 4.79 Å². The number of rotatable bonds is 4. The van der Waals surface area contributed by atoms with Gasteiger partial charge in [-0.15, -0.1) is 11.8 Å². The number of halogens is 3. The molecule has 0 saturated carbocycles. The molecule has 3 nitrogen and oxygen atoms in total. The standard InChI is InChI=1S/C14H11Cl3N2OS/c15-9-2-1-3-11(14(9)17)19-13(20)7-21-12-5-4-8(18)6-10(12)16/h1-6H,7,18H2,(H,19,20). The average molecular weight is 362 g/mol. The number of amides is 1. The summed E-state index contributed by atoms with van der Waals surface area (Å²) >= 11 is 19.3. The maximum absolute atomic E-state index is 11.9. The Bertz CT molecular complexity index is 679. The van der Waals surface area contributed by atoms with Crippen molar-refractivity contribution in [1.82, 2.24) is 0 Å². The van der Waals surface area contributed by atoms with Crippen molar-refractivity contribution < 1.29 is 4.79 Å². The van der Waals surface area contributed by atoms with Crippen molar-refractivity contribution in [3.05, 3.63) is 51.5 Å². The zero-order valence-corrected chi connectivity index (χ0v) is 13.8. The van der Waals surface area contributed by atoms with Gasteiger partial charge in [-0.2, -0.15) is 0 Å². The summed E-state index contributed by atoms with van der Waals surface area (Å²) in [7, 11) is 0. The number of nitrogens with two attached hydrogens (primary N) is 1. The van der Waals surface area contributed by atoms with E-state index >= 15 is 0 Å². The lowest BCUT2D eigenvalue weighted by molar-refractivity contribution is -0.113. The quantitative estimate of drug-likeness (QED) is 0.598. The lowest BCUT2D eigenvalue weighted by Crippen LogP contribution is -2.14. The van der Waals surface area contributed by atoms with Crippen molar-refractivity contribution in [3.8, 4) is 0 Å². The molecular formula is C14H11Cl3N2OS. The average Bonchev–Trinajstić information content (AvgIpc) is 2.43. The van der Waals surface area contributed by atoms with Gasteiger partial charge in [-0.25, -0.2) is 0 Å². The predicted molar refractivity (Wildman–Crippen MR) is 91.7 cm³/mol. The summed E-state index contributed by atoms with van der Waals surface area (Å²) in [5, 5.41) is 3.94. The third-order valence-corrected chi connectivity index (χ3v) is 4.86. The van der Waals surface area contributed by atoms with Crippen molar-refractivity contribution >= 4 is 63.8 Å². The van der Waals surface area contributed by atoms with Gasteiger partial charge >= 0.3 is 0 Å². The first-order valence-corrected chi connectivity index (χ1v) is 8.01. The van der Waals surface area contributed by atoms with E-state index in [1.54, 1.807) is 36.4 Å². The predicted octanol–water partition coefficient (Wildman–Crippen LogP) is 4.96.